The lowest BCUT2D eigenvalue weighted by Gasteiger charge is -2.25. The van der Waals surface area contributed by atoms with Gasteiger partial charge in [-0.1, -0.05) is 13.0 Å². The SMILES string of the molecule is C=CCCCCNC(=O)N1CC[C@@H](C)[C@@H]1CO. The van der Waals surface area contributed by atoms with Gasteiger partial charge in [0.2, 0.25) is 0 Å². The Morgan fingerprint density at radius 3 is 3.00 bits per heavy atom. The smallest absolute Gasteiger partial charge is 0.317 e. The summed E-state index contributed by atoms with van der Waals surface area (Å²) in [6.45, 7) is 7.26. The van der Waals surface area contributed by atoms with Gasteiger partial charge in [-0.05, 0) is 31.6 Å². The third-order valence-corrected chi connectivity index (χ3v) is 3.44. The Morgan fingerprint density at radius 2 is 2.35 bits per heavy atom. The largest absolute Gasteiger partial charge is 0.394 e. The van der Waals surface area contributed by atoms with Crippen molar-refractivity contribution >= 4 is 6.03 Å². The highest BCUT2D eigenvalue weighted by Gasteiger charge is 2.33. The minimum Gasteiger partial charge on any atom is -0.394 e. The van der Waals surface area contributed by atoms with Crippen LogP contribution in [0.25, 0.3) is 0 Å². The third-order valence-electron chi connectivity index (χ3n) is 3.44. The van der Waals surface area contributed by atoms with Gasteiger partial charge in [-0.3, -0.25) is 0 Å². The monoisotopic (exact) mass is 240 g/mol. The summed E-state index contributed by atoms with van der Waals surface area (Å²) in [6.07, 6.45) is 5.91. The van der Waals surface area contributed by atoms with Crippen molar-refractivity contribution in [3.63, 3.8) is 0 Å². The van der Waals surface area contributed by atoms with Gasteiger partial charge in [-0.15, -0.1) is 6.58 Å². The molecule has 2 amide bonds. The van der Waals surface area contributed by atoms with E-state index in [1.807, 2.05) is 6.08 Å². The summed E-state index contributed by atoms with van der Waals surface area (Å²) in [7, 11) is 0. The maximum Gasteiger partial charge on any atom is 0.317 e. The third kappa shape index (κ3) is 4.04. The number of carbonyl (C=O) groups is 1. The Balaban J connectivity index is 2.25. The van der Waals surface area contributed by atoms with Gasteiger partial charge < -0.3 is 15.3 Å². The molecule has 98 valence electrons. The molecule has 1 aliphatic heterocycles. The summed E-state index contributed by atoms with van der Waals surface area (Å²) in [5.41, 5.74) is 0. The molecule has 4 heteroatoms. The molecule has 0 spiro atoms. The first-order valence-electron chi connectivity index (χ1n) is 6.47. The maximum absolute atomic E-state index is 11.9. The number of unbranched alkanes of at least 4 members (excludes halogenated alkanes) is 2. The Hall–Kier alpha value is -1.03. The molecule has 1 aliphatic rings. The normalized spacial score (nSPS) is 23.8. The summed E-state index contributed by atoms with van der Waals surface area (Å²) < 4.78 is 0. The second-order valence-corrected chi connectivity index (χ2v) is 4.73. The van der Waals surface area contributed by atoms with Crippen LogP contribution < -0.4 is 5.32 Å². The quantitative estimate of drug-likeness (QED) is 0.549. The van der Waals surface area contributed by atoms with Crippen LogP contribution in [0.3, 0.4) is 0 Å². The van der Waals surface area contributed by atoms with Gasteiger partial charge in [0, 0.05) is 13.1 Å². The van der Waals surface area contributed by atoms with Gasteiger partial charge in [0.1, 0.15) is 0 Å². The number of hydrogen-bond donors (Lipinski definition) is 2. The molecule has 0 radical (unpaired) electrons. The second-order valence-electron chi connectivity index (χ2n) is 4.73. The van der Waals surface area contributed by atoms with E-state index >= 15 is 0 Å². The number of nitrogens with zero attached hydrogens (tertiary/aromatic N) is 1. The molecule has 1 rings (SSSR count). The van der Waals surface area contributed by atoms with Crippen LogP contribution in [-0.4, -0.2) is 41.8 Å². The number of likely N-dealkylation sites (tertiary alicyclic amines) is 1. The molecule has 17 heavy (non-hydrogen) atoms. The lowest BCUT2D eigenvalue weighted by Crippen LogP contribution is -2.45. The molecule has 1 fully saturated rings. The van der Waals surface area contributed by atoms with Gasteiger partial charge in [0.05, 0.1) is 12.6 Å². The van der Waals surface area contributed by atoms with E-state index in [4.69, 9.17) is 0 Å². The number of amides is 2. The highest BCUT2D eigenvalue weighted by atomic mass is 16.3. The first-order chi connectivity index (χ1) is 8.20. The molecule has 0 bridgehead atoms. The summed E-state index contributed by atoms with van der Waals surface area (Å²) in [5.74, 6) is 0.395. The molecule has 0 aromatic rings. The van der Waals surface area contributed by atoms with Gasteiger partial charge in [0.15, 0.2) is 0 Å². The number of aliphatic hydroxyl groups is 1. The highest BCUT2D eigenvalue weighted by Crippen LogP contribution is 2.23. The van der Waals surface area contributed by atoms with Crippen LogP contribution in [0.1, 0.15) is 32.6 Å². The average molecular weight is 240 g/mol. The zero-order chi connectivity index (χ0) is 12.7. The van der Waals surface area contributed by atoms with E-state index in [1.54, 1.807) is 4.90 Å². The topological polar surface area (TPSA) is 52.6 Å². The molecule has 0 saturated carbocycles. The van der Waals surface area contributed by atoms with E-state index in [0.29, 0.717) is 12.5 Å². The van der Waals surface area contributed by atoms with Crippen molar-refractivity contribution in [3.8, 4) is 0 Å². The number of nitrogens with one attached hydrogen (secondary N) is 1. The molecular formula is C13H24N2O2. The average Bonchev–Trinajstić information content (AvgIpc) is 2.70. The fourth-order valence-electron chi connectivity index (χ4n) is 2.25. The molecule has 0 aromatic heterocycles. The van der Waals surface area contributed by atoms with E-state index < -0.39 is 0 Å². The Labute approximate surface area is 104 Å². The molecule has 0 aliphatic carbocycles. The predicted octanol–water partition coefficient (Wildman–Crippen LogP) is 1.76. The summed E-state index contributed by atoms with van der Waals surface area (Å²) in [4.78, 5) is 13.6. The van der Waals surface area contributed by atoms with Crippen LogP contribution in [0.15, 0.2) is 12.7 Å². The first-order valence-corrected chi connectivity index (χ1v) is 6.47. The fourth-order valence-corrected chi connectivity index (χ4v) is 2.25. The van der Waals surface area contributed by atoms with Crippen LogP contribution in [0.4, 0.5) is 4.79 Å². The van der Waals surface area contributed by atoms with Gasteiger partial charge in [-0.2, -0.15) is 0 Å². The summed E-state index contributed by atoms with van der Waals surface area (Å²) in [6, 6.07) is -0.0461. The van der Waals surface area contributed by atoms with Crippen LogP contribution in [-0.2, 0) is 0 Å². The fraction of sp³-hybridized carbons (Fsp3) is 0.769. The minimum atomic E-state index is -0.0352. The van der Waals surface area contributed by atoms with Crippen LogP contribution in [0.5, 0.6) is 0 Å². The summed E-state index contributed by atoms with van der Waals surface area (Å²) >= 11 is 0. The zero-order valence-electron chi connectivity index (χ0n) is 10.7. The predicted molar refractivity (Wildman–Crippen MR) is 68.8 cm³/mol. The Bertz CT molecular complexity index is 256. The van der Waals surface area contributed by atoms with Crippen molar-refractivity contribution in [2.45, 2.75) is 38.6 Å². The van der Waals surface area contributed by atoms with Gasteiger partial charge >= 0.3 is 6.03 Å². The van der Waals surface area contributed by atoms with Gasteiger partial charge in [-0.25, -0.2) is 4.79 Å². The van der Waals surface area contributed by atoms with E-state index in [1.165, 1.54) is 0 Å². The van der Waals surface area contributed by atoms with Crippen LogP contribution in [0, 0.1) is 5.92 Å². The van der Waals surface area contributed by atoms with Gasteiger partial charge in [0.25, 0.3) is 0 Å². The minimum absolute atomic E-state index is 0.0109. The van der Waals surface area contributed by atoms with Crippen molar-refractivity contribution in [2.24, 2.45) is 5.92 Å². The molecule has 0 unspecified atom stereocenters. The first kappa shape index (κ1) is 14.0. The number of rotatable bonds is 6. The molecule has 2 atom stereocenters. The van der Waals surface area contributed by atoms with Crippen molar-refractivity contribution < 1.29 is 9.90 Å². The molecule has 2 N–H and O–H groups in total. The van der Waals surface area contributed by atoms with E-state index in [-0.39, 0.29) is 18.7 Å². The zero-order valence-corrected chi connectivity index (χ0v) is 10.7. The molecule has 0 aromatic carbocycles. The highest BCUT2D eigenvalue weighted by molar-refractivity contribution is 5.74. The standard InChI is InChI=1S/C13H24N2O2/c1-3-4-5-6-8-14-13(17)15-9-7-11(2)12(15)10-16/h3,11-12,16H,1,4-10H2,2H3,(H,14,17)/t11-,12+/m1/s1. The Morgan fingerprint density at radius 1 is 1.59 bits per heavy atom. The lowest BCUT2D eigenvalue weighted by molar-refractivity contribution is 0.144. The molecule has 1 saturated heterocycles. The lowest BCUT2D eigenvalue weighted by atomic mass is 10.0. The summed E-state index contributed by atoms with van der Waals surface area (Å²) in [5, 5.41) is 12.2. The van der Waals surface area contributed by atoms with E-state index in [2.05, 4.69) is 18.8 Å². The number of carbonyl (C=O) groups excluding carboxylic acids is 1. The molecule has 1 heterocycles. The maximum atomic E-state index is 11.9. The van der Waals surface area contributed by atoms with Crippen molar-refractivity contribution in [1.29, 1.82) is 0 Å². The number of hydrogen-bond acceptors (Lipinski definition) is 2. The van der Waals surface area contributed by atoms with Crippen molar-refractivity contribution in [1.82, 2.24) is 10.2 Å². The molecular weight excluding hydrogens is 216 g/mol. The number of urea groups is 1. The second kappa shape index (κ2) is 7.33. The molecule has 4 nitrogen and oxygen atoms in total. The van der Waals surface area contributed by atoms with Crippen LogP contribution in [0.2, 0.25) is 0 Å². The number of aliphatic hydroxyl groups excluding tert-OH is 1. The van der Waals surface area contributed by atoms with Crippen molar-refractivity contribution in [2.75, 3.05) is 19.7 Å². The van der Waals surface area contributed by atoms with Crippen molar-refractivity contribution in [3.05, 3.63) is 12.7 Å². The van der Waals surface area contributed by atoms with E-state index in [0.717, 1.165) is 32.2 Å². The van der Waals surface area contributed by atoms with E-state index in [9.17, 15) is 9.90 Å². The Kier molecular flexibility index (Phi) is 6.05. The van der Waals surface area contributed by atoms with Crippen LogP contribution >= 0.6 is 0 Å². The number of allylic oxidation sites excluding steroid dienone is 1.